The van der Waals surface area contributed by atoms with Crippen molar-refractivity contribution >= 4 is 17.3 Å². The molecular formula is C15H17NO3S. The molecule has 1 aromatic carbocycles. The molecule has 4 nitrogen and oxygen atoms in total. The Kier molecular flexibility index (Phi) is 5.29. The number of carbonyl (C=O) groups is 1. The average Bonchev–Trinajstić information content (AvgIpc) is 2.93. The van der Waals surface area contributed by atoms with E-state index in [1.54, 1.807) is 18.4 Å². The van der Waals surface area contributed by atoms with Crippen molar-refractivity contribution in [1.29, 1.82) is 0 Å². The number of hydrogen-bond acceptors (Lipinski definition) is 4. The summed E-state index contributed by atoms with van der Waals surface area (Å²) in [6.45, 7) is 1.02. The fourth-order valence-electron chi connectivity index (χ4n) is 1.99. The van der Waals surface area contributed by atoms with Gasteiger partial charge in [-0.1, -0.05) is 30.3 Å². The first kappa shape index (κ1) is 14.7. The number of benzene rings is 1. The highest BCUT2D eigenvalue weighted by Crippen LogP contribution is 2.17. The molecule has 1 heterocycles. The highest BCUT2D eigenvalue weighted by Gasteiger charge is 2.19. The van der Waals surface area contributed by atoms with E-state index in [9.17, 15) is 9.90 Å². The molecule has 1 atom stereocenters. The van der Waals surface area contributed by atoms with Crippen molar-refractivity contribution in [2.45, 2.75) is 19.2 Å². The maximum Gasteiger partial charge on any atom is 0.325 e. The fraction of sp³-hybridized carbons (Fsp3) is 0.267. The minimum Gasteiger partial charge on any atom is -0.480 e. The van der Waals surface area contributed by atoms with Gasteiger partial charge in [0.1, 0.15) is 6.04 Å². The van der Waals surface area contributed by atoms with E-state index in [4.69, 9.17) is 4.74 Å². The van der Waals surface area contributed by atoms with E-state index < -0.39 is 12.0 Å². The number of aliphatic carboxylic acids is 1. The van der Waals surface area contributed by atoms with E-state index in [1.165, 1.54) is 0 Å². The third-order valence-electron chi connectivity index (χ3n) is 2.90. The smallest absolute Gasteiger partial charge is 0.325 e. The Bertz CT molecular complexity index is 554. The minimum atomic E-state index is -0.879. The van der Waals surface area contributed by atoms with Crippen molar-refractivity contribution in [2.24, 2.45) is 0 Å². The third-order valence-corrected chi connectivity index (χ3v) is 3.78. The SMILES string of the molecule is COCc1cccc(C(NCc2cccs2)C(=O)O)c1. The second kappa shape index (κ2) is 7.19. The number of thiophene rings is 1. The van der Waals surface area contributed by atoms with Gasteiger partial charge in [0.25, 0.3) is 0 Å². The van der Waals surface area contributed by atoms with E-state index in [2.05, 4.69) is 5.32 Å². The summed E-state index contributed by atoms with van der Waals surface area (Å²) in [5.74, 6) is -0.879. The zero-order valence-corrected chi connectivity index (χ0v) is 12.0. The summed E-state index contributed by atoms with van der Waals surface area (Å²) in [7, 11) is 1.62. The molecule has 2 aromatic rings. The lowest BCUT2D eigenvalue weighted by Crippen LogP contribution is -2.27. The second-order valence-electron chi connectivity index (χ2n) is 4.41. The van der Waals surface area contributed by atoms with Gasteiger partial charge >= 0.3 is 5.97 Å². The summed E-state index contributed by atoms with van der Waals surface area (Å²) in [4.78, 5) is 12.6. The first-order valence-electron chi connectivity index (χ1n) is 6.27. The molecule has 0 bridgehead atoms. The van der Waals surface area contributed by atoms with Crippen LogP contribution in [-0.4, -0.2) is 18.2 Å². The molecule has 0 aliphatic carbocycles. The van der Waals surface area contributed by atoms with Gasteiger partial charge in [0.2, 0.25) is 0 Å². The van der Waals surface area contributed by atoms with Gasteiger partial charge in [0.05, 0.1) is 6.61 Å². The highest BCUT2D eigenvalue weighted by atomic mass is 32.1. The van der Waals surface area contributed by atoms with Crippen LogP contribution in [0.4, 0.5) is 0 Å². The number of carboxylic acid groups (broad SMARTS) is 1. The molecule has 0 spiro atoms. The summed E-state index contributed by atoms with van der Waals surface area (Å²) in [5.41, 5.74) is 1.71. The molecule has 5 heteroatoms. The number of hydrogen-bond donors (Lipinski definition) is 2. The topological polar surface area (TPSA) is 58.6 Å². The first-order chi connectivity index (χ1) is 9.70. The summed E-state index contributed by atoms with van der Waals surface area (Å²) in [6.07, 6.45) is 0. The predicted octanol–water partition coefficient (Wildman–Crippen LogP) is 2.81. The largest absolute Gasteiger partial charge is 0.480 e. The van der Waals surface area contributed by atoms with Crippen LogP contribution in [0.25, 0.3) is 0 Å². The van der Waals surface area contributed by atoms with Crippen molar-refractivity contribution in [3.05, 3.63) is 57.8 Å². The molecule has 106 valence electrons. The molecule has 0 aliphatic heterocycles. The summed E-state index contributed by atoms with van der Waals surface area (Å²) in [6, 6.07) is 10.7. The Balaban J connectivity index is 2.11. The number of rotatable bonds is 7. The van der Waals surface area contributed by atoms with Gasteiger partial charge in [-0.05, 0) is 22.6 Å². The standard InChI is InChI=1S/C15H17NO3S/c1-19-10-11-4-2-5-12(8-11)14(15(17)18)16-9-13-6-3-7-20-13/h2-8,14,16H,9-10H2,1H3,(H,17,18). The van der Waals surface area contributed by atoms with Gasteiger partial charge in [-0.25, -0.2) is 0 Å². The summed E-state index contributed by atoms with van der Waals surface area (Å²) in [5, 5.41) is 14.4. The Morgan fingerprint density at radius 2 is 2.25 bits per heavy atom. The van der Waals surface area contributed by atoms with Crippen LogP contribution in [0.3, 0.4) is 0 Å². The van der Waals surface area contributed by atoms with Crippen LogP contribution in [-0.2, 0) is 22.7 Å². The molecule has 1 aromatic heterocycles. The Labute approximate surface area is 122 Å². The third kappa shape index (κ3) is 3.90. The van der Waals surface area contributed by atoms with Crippen LogP contribution in [0, 0.1) is 0 Å². The minimum absolute atomic E-state index is 0.477. The van der Waals surface area contributed by atoms with Crippen LogP contribution < -0.4 is 5.32 Å². The number of carboxylic acids is 1. The molecule has 2 N–H and O–H groups in total. The van der Waals surface area contributed by atoms with Crippen LogP contribution in [0.1, 0.15) is 22.0 Å². The Hall–Kier alpha value is -1.69. The van der Waals surface area contributed by atoms with Crippen LogP contribution in [0.2, 0.25) is 0 Å². The van der Waals surface area contributed by atoms with Crippen molar-refractivity contribution in [2.75, 3.05) is 7.11 Å². The van der Waals surface area contributed by atoms with E-state index in [0.29, 0.717) is 13.2 Å². The van der Waals surface area contributed by atoms with Gasteiger partial charge < -0.3 is 9.84 Å². The van der Waals surface area contributed by atoms with Gasteiger partial charge in [-0.3, -0.25) is 10.1 Å². The van der Waals surface area contributed by atoms with Crippen molar-refractivity contribution in [3.8, 4) is 0 Å². The lowest BCUT2D eigenvalue weighted by Gasteiger charge is -2.15. The van der Waals surface area contributed by atoms with E-state index >= 15 is 0 Å². The molecule has 1 unspecified atom stereocenters. The first-order valence-corrected chi connectivity index (χ1v) is 7.15. The molecule has 2 rings (SSSR count). The second-order valence-corrected chi connectivity index (χ2v) is 5.44. The number of methoxy groups -OCH3 is 1. The Morgan fingerprint density at radius 1 is 1.40 bits per heavy atom. The summed E-state index contributed by atoms with van der Waals surface area (Å²) < 4.78 is 5.08. The molecule has 0 amide bonds. The molecule has 20 heavy (non-hydrogen) atoms. The normalized spacial score (nSPS) is 12.2. The molecule has 0 aliphatic rings. The molecular weight excluding hydrogens is 274 g/mol. The maximum atomic E-state index is 11.4. The molecule has 0 saturated carbocycles. The average molecular weight is 291 g/mol. The number of ether oxygens (including phenoxy) is 1. The zero-order valence-electron chi connectivity index (χ0n) is 11.2. The predicted molar refractivity (Wildman–Crippen MR) is 78.7 cm³/mol. The molecule has 0 fully saturated rings. The quantitative estimate of drug-likeness (QED) is 0.823. The van der Waals surface area contributed by atoms with Gasteiger partial charge in [-0.15, -0.1) is 11.3 Å². The molecule has 0 saturated heterocycles. The lowest BCUT2D eigenvalue weighted by molar-refractivity contribution is -0.139. The monoisotopic (exact) mass is 291 g/mol. The Morgan fingerprint density at radius 3 is 2.90 bits per heavy atom. The van der Waals surface area contributed by atoms with Gasteiger partial charge in [-0.2, -0.15) is 0 Å². The van der Waals surface area contributed by atoms with E-state index in [-0.39, 0.29) is 0 Å². The van der Waals surface area contributed by atoms with Gasteiger partial charge in [0, 0.05) is 18.5 Å². The van der Waals surface area contributed by atoms with Crippen molar-refractivity contribution < 1.29 is 14.6 Å². The van der Waals surface area contributed by atoms with E-state index in [1.807, 2.05) is 41.8 Å². The summed E-state index contributed by atoms with van der Waals surface area (Å²) >= 11 is 1.61. The van der Waals surface area contributed by atoms with Crippen LogP contribution in [0.15, 0.2) is 41.8 Å². The number of nitrogens with one attached hydrogen (secondary N) is 1. The highest BCUT2D eigenvalue weighted by molar-refractivity contribution is 7.09. The lowest BCUT2D eigenvalue weighted by atomic mass is 10.0. The fourth-order valence-corrected chi connectivity index (χ4v) is 2.65. The van der Waals surface area contributed by atoms with E-state index in [0.717, 1.165) is 16.0 Å². The van der Waals surface area contributed by atoms with Crippen molar-refractivity contribution in [1.82, 2.24) is 5.32 Å². The van der Waals surface area contributed by atoms with Gasteiger partial charge in [0.15, 0.2) is 0 Å². The van der Waals surface area contributed by atoms with Crippen molar-refractivity contribution in [3.63, 3.8) is 0 Å². The molecule has 0 radical (unpaired) electrons. The van der Waals surface area contributed by atoms with Crippen LogP contribution in [0.5, 0.6) is 0 Å². The maximum absolute atomic E-state index is 11.4. The van der Waals surface area contributed by atoms with Crippen LogP contribution >= 0.6 is 11.3 Å². The zero-order chi connectivity index (χ0) is 14.4.